The van der Waals surface area contributed by atoms with Gasteiger partial charge < -0.3 is 5.11 Å². The topological polar surface area (TPSA) is 26.7 Å². The Labute approximate surface area is 130 Å². The van der Waals surface area contributed by atoms with Gasteiger partial charge in [0.15, 0.2) is 0 Å². The molecule has 2 heterocycles. The zero-order valence-electron chi connectivity index (χ0n) is 13.0. The van der Waals surface area contributed by atoms with Crippen LogP contribution in [0.3, 0.4) is 0 Å². The van der Waals surface area contributed by atoms with Gasteiger partial charge in [-0.3, -0.25) is 9.80 Å². The Morgan fingerprint density at radius 3 is 2.59 bits per heavy atom. The number of aliphatic hydroxyl groups is 1. The fraction of sp³-hybridized carbons (Fsp3) is 0.647. The lowest BCUT2D eigenvalue weighted by molar-refractivity contribution is -0.00112. The van der Waals surface area contributed by atoms with Crippen LogP contribution in [0.4, 0.5) is 8.78 Å². The molecule has 1 aromatic rings. The Morgan fingerprint density at radius 2 is 1.86 bits per heavy atom. The van der Waals surface area contributed by atoms with Gasteiger partial charge in [-0.05, 0) is 50.8 Å². The van der Waals surface area contributed by atoms with Crippen LogP contribution in [0.1, 0.15) is 44.2 Å². The van der Waals surface area contributed by atoms with Crippen LogP contribution in [0.15, 0.2) is 18.2 Å². The van der Waals surface area contributed by atoms with Gasteiger partial charge >= 0.3 is 0 Å². The predicted octanol–water partition coefficient (Wildman–Crippen LogP) is 2.90. The number of likely N-dealkylation sites (tertiary alicyclic amines) is 2. The average Bonchev–Trinajstić information content (AvgIpc) is 2.99. The van der Waals surface area contributed by atoms with E-state index in [9.17, 15) is 13.9 Å². The van der Waals surface area contributed by atoms with Gasteiger partial charge in [-0.25, -0.2) is 8.78 Å². The molecule has 0 amide bonds. The van der Waals surface area contributed by atoms with Crippen molar-refractivity contribution in [1.82, 2.24) is 9.80 Å². The molecule has 2 fully saturated rings. The summed E-state index contributed by atoms with van der Waals surface area (Å²) in [6.45, 7) is 4.75. The van der Waals surface area contributed by atoms with Crippen molar-refractivity contribution in [2.75, 3.05) is 19.6 Å². The molecule has 5 heteroatoms. The molecule has 0 spiro atoms. The van der Waals surface area contributed by atoms with Crippen molar-refractivity contribution in [3.63, 3.8) is 0 Å². The van der Waals surface area contributed by atoms with Crippen molar-refractivity contribution in [2.24, 2.45) is 0 Å². The summed E-state index contributed by atoms with van der Waals surface area (Å²) in [5.74, 6) is -0.698. The summed E-state index contributed by atoms with van der Waals surface area (Å²) in [5.41, 5.74) is 0.474. The first-order valence-electron chi connectivity index (χ1n) is 8.19. The fourth-order valence-corrected chi connectivity index (χ4v) is 3.81. The Morgan fingerprint density at radius 1 is 1.14 bits per heavy atom. The normalized spacial score (nSPS) is 26.5. The molecule has 2 aliphatic rings. The zero-order valence-corrected chi connectivity index (χ0v) is 13.0. The smallest absolute Gasteiger partial charge is 0.128 e. The molecule has 0 radical (unpaired) electrons. The van der Waals surface area contributed by atoms with Crippen LogP contribution in [-0.2, 0) is 0 Å². The monoisotopic (exact) mass is 310 g/mol. The molecular formula is C17H24F2N2O. The molecule has 0 aliphatic carbocycles. The first-order valence-corrected chi connectivity index (χ1v) is 8.19. The summed E-state index contributed by atoms with van der Waals surface area (Å²) < 4.78 is 27.6. The summed E-state index contributed by atoms with van der Waals surface area (Å²) in [7, 11) is 0. The number of rotatable bonds is 3. The van der Waals surface area contributed by atoms with E-state index in [0.29, 0.717) is 5.56 Å². The predicted molar refractivity (Wildman–Crippen MR) is 81.3 cm³/mol. The Bertz CT molecular complexity index is 517. The second-order valence-corrected chi connectivity index (χ2v) is 6.46. The number of halogens is 2. The summed E-state index contributed by atoms with van der Waals surface area (Å²) in [5, 5.41) is 9.64. The van der Waals surface area contributed by atoms with Crippen LogP contribution >= 0.6 is 0 Å². The molecule has 3 rings (SSSR count). The average molecular weight is 310 g/mol. The van der Waals surface area contributed by atoms with Crippen molar-refractivity contribution in [3.8, 4) is 0 Å². The van der Waals surface area contributed by atoms with Crippen LogP contribution in [0, 0.1) is 11.6 Å². The molecule has 122 valence electrons. The fourth-order valence-electron chi connectivity index (χ4n) is 3.81. The highest BCUT2D eigenvalue weighted by Crippen LogP contribution is 2.36. The quantitative estimate of drug-likeness (QED) is 0.930. The molecule has 2 aliphatic heterocycles. The molecule has 1 unspecified atom stereocenters. The lowest BCUT2D eigenvalue weighted by Gasteiger charge is -2.41. The van der Waals surface area contributed by atoms with Crippen LogP contribution < -0.4 is 0 Å². The number of piperidine rings is 1. The molecule has 0 saturated carbocycles. The van der Waals surface area contributed by atoms with Crippen molar-refractivity contribution >= 4 is 0 Å². The van der Waals surface area contributed by atoms with E-state index in [1.54, 1.807) is 0 Å². The van der Waals surface area contributed by atoms with E-state index in [2.05, 4.69) is 16.7 Å². The lowest BCUT2D eigenvalue weighted by atomic mass is 10.0. The van der Waals surface area contributed by atoms with Crippen molar-refractivity contribution < 1.29 is 13.9 Å². The maximum Gasteiger partial charge on any atom is 0.128 e. The van der Waals surface area contributed by atoms with Gasteiger partial charge in [0.1, 0.15) is 11.6 Å². The molecule has 1 aromatic carbocycles. The number of hydrogen-bond donors (Lipinski definition) is 1. The van der Waals surface area contributed by atoms with Gasteiger partial charge in [-0.15, -0.1) is 0 Å². The standard InChI is InChI=1S/C17H24F2N2O/c1-12(20-9-6-14(22)7-10-20)21-8-2-3-17(21)15-11-13(18)4-5-16(15)19/h4-5,11-12,14,17,22H,2-3,6-10H2,1H3/t12?,17-/m1/s1. The van der Waals surface area contributed by atoms with E-state index in [0.717, 1.165) is 45.3 Å². The van der Waals surface area contributed by atoms with E-state index in [4.69, 9.17) is 0 Å². The summed E-state index contributed by atoms with van der Waals surface area (Å²) in [4.78, 5) is 4.61. The van der Waals surface area contributed by atoms with E-state index in [-0.39, 0.29) is 29.9 Å². The van der Waals surface area contributed by atoms with Gasteiger partial charge in [-0.1, -0.05) is 0 Å². The Balaban J connectivity index is 1.76. The van der Waals surface area contributed by atoms with Crippen molar-refractivity contribution in [1.29, 1.82) is 0 Å². The molecule has 2 atom stereocenters. The molecule has 0 bridgehead atoms. The number of aliphatic hydroxyl groups excluding tert-OH is 1. The van der Waals surface area contributed by atoms with Crippen molar-refractivity contribution in [2.45, 2.75) is 50.9 Å². The highest BCUT2D eigenvalue weighted by atomic mass is 19.1. The first-order chi connectivity index (χ1) is 10.6. The number of nitrogens with zero attached hydrogens (tertiary/aromatic N) is 2. The van der Waals surface area contributed by atoms with Crippen molar-refractivity contribution in [3.05, 3.63) is 35.4 Å². The highest BCUT2D eigenvalue weighted by Gasteiger charge is 2.35. The highest BCUT2D eigenvalue weighted by molar-refractivity contribution is 5.23. The minimum atomic E-state index is -0.378. The third-order valence-corrected chi connectivity index (χ3v) is 5.12. The van der Waals surface area contributed by atoms with Crippen LogP contribution in [0.2, 0.25) is 0 Å². The van der Waals surface area contributed by atoms with Gasteiger partial charge in [0.05, 0.1) is 12.3 Å². The van der Waals surface area contributed by atoms with Gasteiger partial charge in [0.25, 0.3) is 0 Å². The van der Waals surface area contributed by atoms with Gasteiger partial charge in [0.2, 0.25) is 0 Å². The molecule has 2 saturated heterocycles. The number of benzene rings is 1. The lowest BCUT2D eigenvalue weighted by Crippen LogP contribution is -2.50. The molecule has 0 aromatic heterocycles. The summed E-state index contributed by atoms with van der Waals surface area (Å²) >= 11 is 0. The van der Waals surface area contributed by atoms with Gasteiger partial charge in [-0.2, -0.15) is 0 Å². The van der Waals surface area contributed by atoms with E-state index >= 15 is 0 Å². The SMILES string of the molecule is CC(N1CCC(O)CC1)N1CCC[C@@H]1c1cc(F)ccc1F. The van der Waals surface area contributed by atoms with Crippen LogP contribution in [0.5, 0.6) is 0 Å². The minimum absolute atomic E-state index is 0.0578. The van der Waals surface area contributed by atoms with E-state index in [1.807, 2.05) is 0 Å². The summed E-state index contributed by atoms with van der Waals surface area (Å²) in [6, 6.07) is 3.68. The van der Waals surface area contributed by atoms with Crippen LogP contribution in [-0.4, -0.2) is 46.8 Å². The molecule has 3 nitrogen and oxygen atoms in total. The molecular weight excluding hydrogens is 286 g/mol. The zero-order chi connectivity index (χ0) is 15.7. The Hall–Kier alpha value is -1.04. The van der Waals surface area contributed by atoms with E-state index in [1.165, 1.54) is 18.2 Å². The second-order valence-electron chi connectivity index (χ2n) is 6.46. The largest absolute Gasteiger partial charge is 0.393 e. The third kappa shape index (κ3) is 3.16. The maximum atomic E-state index is 14.1. The first kappa shape index (κ1) is 15.8. The van der Waals surface area contributed by atoms with Gasteiger partial charge in [0, 0.05) is 31.2 Å². The molecule has 1 N–H and O–H groups in total. The maximum absolute atomic E-state index is 14.1. The van der Waals surface area contributed by atoms with Crippen LogP contribution in [0.25, 0.3) is 0 Å². The minimum Gasteiger partial charge on any atom is -0.393 e. The third-order valence-electron chi connectivity index (χ3n) is 5.12. The number of hydrogen-bond acceptors (Lipinski definition) is 3. The molecule has 22 heavy (non-hydrogen) atoms. The Kier molecular flexibility index (Phi) is 4.76. The summed E-state index contributed by atoms with van der Waals surface area (Å²) in [6.07, 6.45) is 3.43. The van der Waals surface area contributed by atoms with E-state index < -0.39 is 0 Å². The second kappa shape index (κ2) is 6.60.